The van der Waals surface area contributed by atoms with Gasteiger partial charge in [-0.1, -0.05) is 54.6 Å². The molecule has 7 nitrogen and oxygen atoms in total. The smallest absolute Gasteiger partial charge is 0.338 e. The fourth-order valence-corrected chi connectivity index (χ4v) is 4.12. The number of esters is 3. The normalized spacial score (nSPS) is 20.9. The van der Waals surface area contributed by atoms with Gasteiger partial charge in [-0.15, -0.1) is 11.6 Å². The lowest BCUT2D eigenvalue weighted by Gasteiger charge is -2.24. The lowest BCUT2D eigenvalue weighted by molar-refractivity contribution is -0.0449. The highest BCUT2D eigenvalue weighted by molar-refractivity contribution is 6.17. The number of ether oxygens (including phenoxy) is 4. The zero-order valence-corrected chi connectivity index (χ0v) is 20.1. The summed E-state index contributed by atoms with van der Waals surface area (Å²) in [6.07, 6.45) is -3.18. The number of alkyl halides is 1. The van der Waals surface area contributed by atoms with Gasteiger partial charge in [0.25, 0.3) is 0 Å². The Bertz CT molecular complexity index is 1150. The van der Waals surface area contributed by atoms with Gasteiger partial charge in [-0.05, 0) is 42.8 Å². The molecule has 1 heterocycles. The van der Waals surface area contributed by atoms with Crippen molar-refractivity contribution >= 4 is 29.5 Å². The SMILES string of the molecule is O=C(OCC1OC(CCCl)C(OC(=O)c2ccccc2)C1OC(=O)c1ccccc1)c1ccccc1. The first-order valence-electron chi connectivity index (χ1n) is 11.5. The third kappa shape index (κ3) is 6.30. The second-order valence-corrected chi connectivity index (χ2v) is 8.50. The van der Waals surface area contributed by atoms with E-state index in [1.54, 1.807) is 91.0 Å². The van der Waals surface area contributed by atoms with E-state index in [0.29, 0.717) is 23.1 Å². The largest absolute Gasteiger partial charge is 0.459 e. The average Bonchev–Trinajstić information content (AvgIpc) is 3.24. The molecule has 3 aromatic rings. The van der Waals surface area contributed by atoms with Crippen LogP contribution in [0.2, 0.25) is 0 Å². The van der Waals surface area contributed by atoms with Crippen LogP contribution < -0.4 is 0 Å². The van der Waals surface area contributed by atoms with Crippen LogP contribution in [0.1, 0.15) is 37.5 Å². The van der Waals surface area contributed by atoms with E-state index in [-0.39, 0.29) is 12.5 Å². The number of rotatable bonds is 9. The van der Waals surface area contributed by atoms with E-state index in [9.17, 15) is 14.4 Å². The molecule has 0 aliphatic carbocycles. The predicted octanol–water partition coefficient (Wildman–Crippen LogP) is 4.69. The van der Waals surface area contributed by atoms with Crippen LogP contribution >= 0.6 is 11.6 Å². The Balaban J connectivity index is 1.56. The van der Waals surface area contributed by atoms with Gasteiger partial charge in [0.15, 0.2) is 12.2 Å². The molecule has 0 radical (unpaired) electrons. The molecule has 0 bridgehead atoms. The summed E-state index contributed by atoms with van der Waals surface area (Å²) in [5.41, 5.74) is 1.04. The van der Waals surface area contributed by atoms with Crippen molar-refractivity contribution in [2.45, 2.75) is 30.8 Å². The van der Waals surface area contributed by atoms with Gasteiger partial charge in [-0.2, -0.15) is 0 Å². The number of carbonyl (C=O) groups excluding carboxylic acids is 3. The van der Waals surface area contributed by atoms with Crippen LogP contribution in [0.5, 0.6) is 0 Å². The van der Waals surface area contributed by atoms with E-state index in [2.05, 4.69) is 0 Å². The molecule has 0 spiro atoms. The maximum absolute atomic E-state index is 12.9. The van der Waals surface area contributed by atoms with Crippen LogP contribution in [0, 0.1) is 0 Å². The molecule has 4 atom stereocenters. The fraction of sp³-hybridized carbons (Fsp3) is 0.250. The van der Waals surface area contributed by atoms with Crippen LogP contribution in [-0.2, 0) is 18.9 Å². The summed E-state index contributed by atoms with van der Waals surface area (Å²) in [5.74, 6) is -1.53. The molecule has 8 heteroatoms. The molecule has 1 fully saturated rings. The van der Waals surface area contributed by atoms with Gasteiger partial charge in [-0.3, -0.25) is 0 Å². The zero-order chi connectivity index (χ0) is 25.3. The highest BCUT2D eigenvalue weighted by Gasteiger charge is 2.50. The van der Waals surface area contributed by atoms with Crippen molar-refractivity contribution in [2.75, 3.05) is 12.5 Å². The molecule has 186 valence electrons. The minimum absolute atomic E-state index is 0.210. The van der Waals surface area contributed by atoms with Gasteiger partial charge in [-0.25, -0.2) is 14.4 Å². The lowest BCUT2D eigenvalue weighted by atomic mass is 10.1. The molecule has 1 saturated heterocycles. The topological polar surface area (TPSA) is 88.1 Å². The highest BCUT2D eigenvalue weighted by atomic mass is 35.5. The highest BCUT2D eigenvalue weighted by Crippen LogP contribution is 2.31. The molecule has 3 aromatic carbocycles. The van der Waals surface area contributed by atoms with Crippen LogP contribution in [0.3, 0.4) is 0 Å². The van der Waals surface area contributed by atoms with Gasteiger partial charge >= 0.3 is 17.9 Å². The number of hydrogen-bond donors (Lipinski definition) is 0. The Kier molecular flexibility index (Phi) is 8.71. The Morgan fingerprint density at radius 3 is 1.50 bits per heavy atom. The summed E-state index contributed by atoms with van der Waals surface area (Å²) in [5, 5.41) is 0. The van der Waals surface area contributed by atoms with Gasteiger partial charge in [0.05, 0.1) is 16.7 Å². The van der Waals surface area contributed by atoms with Crippen molar-refractivity contribution in [2.24, 2.45) is 0 Å². The number of hydrogen-bond acceptors (Lipinski definition) is 7. The monoisotopic (exact) mass is 508 g/mol. The molecule has 4 unspecified atom stereocenters. The Labute approximate surface area is 213 Å². The Hall–Kier alpha value is -3.68. The summed E-state index contributed by atoms with van der Waals surface area (Å²) in [6, 6.07) is 25.4. The van der Waals surface area contributed by atoms with Gasteiger partial charge in [0, 0.05) is 5.88 Å². The van der Waals surface area contributed by atoms with E-state index in [4.69, 9.17) is 30.5 Å². The summed E-state index contributed by atoms with van der Waals surface area (Å²) in [6.45, 7) is -0.210. The standard InChI is InChI=1S/C28H25ClO7/c29-17-16-22-24(35-27(31)20-12-6-2-7-13-20)25(36-28(32)21-14-8-3-9-15-21)23(34-22)18-33-26(30)19-10-4-1-5-11-19/h1-15,22-25H,16-18H2. The minimum atomic E-state index is -1.03. The van der Waals surface area contributed by atoms with E-state index in [0.717, 1.165) is 0 Å². The summed E-state index contributed by atoms with van der Waals surface area (Å²) in [4.78, 5) is 38.3. The van der Waals surface area contributed by atoms with Crippen LogP contribution in [0.4, 0.5) is 0 Å². The maximum atomic E-state index is 12.9. The maximum Gasteiger partial charge on any atom is 0.338 e. The predicted molar refractivity (Wildman–Crippen MR) is 132 cm³/mol. The summed E-state index contributed by atoms with van der Waals surface area (Å²) >= 11 is 5.99. The van der Waals surface area contributed by atoms with Crippen molar-refractivity contribution in [1.29, 1.82) is 0 Å². The van der Waals surface area contributed by atoms with E-state index in [1.165, 1.54) is 0 Å². The first-order valence-corrected chi connectivity index (χ1v) is 12.1. The summed E-state index contributed by atoms with van der Waals surface area (Å²) < 4.78 is 23.1. The molecule has 0 N–H and O–H groups in total. The Morgan fingerprint density at radius 2 is 1.06 bits per heavy atom. The molecular weight excluding hydrogens is 484 g/mol. The van der Waals surface area contributed by atoms with Crippen molar-refractivity contribution in [1.82, 2.24) is 0 Å². The van der Waals surface area contributed by atoms with E-state index < -0.39 is 42.3 Å². The molecule has 36 heavy (non-hydrogen) atoms. The lowest BCUT2D eigenvalue weighted by Crippen LogP contribution is -2.42. The van der Waals surface area contributed by atoms with Gasteiger partial charge in [0.2, 0.25) is 0 Å². The van der Waals surface area contributed by atoms with E-state index in [1.807, 2.05) is 0 Å². The van der Waals surface area contributed by atoms with Crippen molar-refractivity contribution < 1.29 is 33.3 Å². The van der Waals surface area contributed by atoms with Crippen LogP contribution in [0.15, 0.2) is 91.0 Å². The minimum Gasteiger partial charge on any atom is -0.459 e. The molecule has 1 aliphatic rings. The number of carbonyl (C=O) groups is 3. The number of benzene rings is 3. The van der Waals surface area contributed by atoms with Crippen molar-refractivity contribution in [3.8, 4) is 0 Å². The molecular formula is C28H25ClO7. The van der Waals surface area contributed by atoms with Gasteiger partial charge < -0.3 is 18.9 Å². The van der Waals surface area contributed by atoms with E-state index >= 15 is 0 Å². The van der Waals surface area contributed by atoms with Crippen molar-refractivity contribution in [3.63, 3.8) is 0 Å². The third-order valence-corrected chi connectivity index (χ3v) is 5.91. The molecule has 4 rings (SSSR count). The zero-order valence-electron chi connectivity index (χ0n) is 19.3. The quantitative estimate of drug-likeness (QED) is 0.235. The second kappa shape index (κ2) is 12.3. The van der Waals surface area contributed by atoms with Gasteiger partial charge in [0.1, 0.15) is 18.8 Å². The second-order valence-electron chi connectivity index (χ2n) is 8.13. The van der Waals surface area contributed by atoms with Crippen LogP contribution in [-0.4, -0.2) is 54.8 Å². The molecule has 1 aliphatic heterocycles. The van der Waals surface area contributed by atoms with Crippen LogP contribution in [0.25, 0.3) is 0 Å². The first kappa shape index (κ1) is 25.4. The van der Waals surface area contributed by atoms with Crippen molar-refractivity contribution in [3.05, 3.63) is 108 Å². The summed E-state index contributed by atoms with van der Waals surface area (Å²) in [7, 11) is 0. The molecule has 0 amide bonds. The Morgan fingerprint density at radius 1 is 0.639 bits per heavy atom. The third-order valence-electron chi connectivity index (χ3n) is 5.69. The number of halogens is 1. The fourth-order valence-electron chi connectivity index (χ4n) is 3.91. The average molecular weight is 509 g/mol. The first-order chi connectivity index (χ1) is 17.6. The molecule has 0 aromatic heterocycles. The molecule has 0 saturated carbocycles.